The molecule has 0 aliphatic rings. The van der Waals surface area contributed by atoms with Crippen LogP contribution in [0.15, 0.2) is 6.07 Å². The van der Waals surface area contributed by atoms with Crippen molar-refractivity contribution in [1.82, 2.24) is 0 Å². The Kier molecular flexibility index (Phi) is 5.44. The van der Waals surface area contributed by atoms with E-state index < -0.39 is 12.0 Å². The first-order chi connectivity index (χ1) is 8.96. The van der Waals surface area contributed by atoms with Gasteiger partial charge in [0.15, 0.2) is 11.5 Å². The van der Waals surface area contributed by atoms with E-state index in [1.165, 1.54) is 14.2 Å². The van der Waals surface area contributed by atoms with Gasteiger partial charge in [0.25, 0.3) is 0 Å². The van der Waals surface area contributed by atoms with Crippen LogP contribution in [0.4, 0.5) is 0 Å². The minimum atomic E-state index is -1.06. The van der Waals surface area contributed by atoms with Crippen molar-refractivity contribution >= 4 is 17.6 Å². The number of rotatable bonds is 6. The van der Waals surface area contributed by atoms with E-state index in [-0.39, 0.29) is 6.42 Å². The van der Waals surface area contributed by atoms with E-state index in [1.54, 1.807) is 6.07 Å². The zero-order chi connectivity index (χ0) is 14.6. The third-order valence-corrected chi connectivity index (χ3v) is 3.26. The Bertz CT molecular complexity index is 476. The van der Waals surface area contributed by atoms with Crippen LogP contribution in [0.1, 0.15) is 18.1 Å². The molecule has 0 aliphatic carbocycles. The van der Waals surface area contributed by atoms with Crippen molar-refractivity contribution in [1.29, 1.82) is 0 Å². The molecule has 106 valence electrons. The molecule has 0 aromatic heterocycles. The Morgan fingerprint density at radius 1 is 1.42 bits per heavy atom. The minimum absolute atomic E-state index is 0.150. The molecule has 1 atom stereocenters. The van der Waals surface area contributed by atoms with Crippen LogP contribution in [0, 0.1) is 0 Å². The molecule has 1 aromatic rings. The summed E-state index contributed by atoms with van der Waals surface area (Å²) in [5, 5.41) is 9.34. The number of hydrogen-bond donors (Lipinski definition) is 2. The van der Waals surface area contributed by atoms with Crippen molar-refractivity contribution in [3.63, 3.8) is 0 Å². The highest BCUT2D eigenvalue weighted by molar-refractivity contribution is 6.31. The molecular formula is C13H18ClNO4. The van der Waals surface area contributed by atoms with Gasteiger partial charge in [-0.15, -0.1) is 0 Å². The van der Waals surface area contributed by atoms with Crippen LogP contribution in [-0.4, -0.2) is 31.3 Å². The van der Waals surface area contributed by atoms with Crippen LogP contribution in [0.5, 0.6) is 11.5 Å². The van der Waals surface area contributed by atoms with E-state index in [1.807, 2.05) is 6.92 Å². The second-order valence-corrected chi connectivity index (χ2v) is 4.46. The molecular weight excluding hydrogens is 270 g/mol. The van der Waals surface area contributed by atoms with Crippen molar-refractivity contribution in [2.24, 2.45) is 5.73 Å². The molecule has 1 unspecified atom stereocenters. The van der Waals surface area contributed by atoms with Crippen molar-refractivity contribution in [3.05, 3.63) is 22.2 Å². The third-order valence-electron chi connectivity index (χ3n) is 2.93. The van der Waals surface area contributed by atoms with E-state index in [2.05, 4.69) is 0 Å². The van der Waals surface area contributed by atoms with E-state index in [4.69, 9.17) is 31.9 Å². The van der Waals surface area contributed by atoms with Gasteiger partial charge >= 0.3 is 5.97 Å². The molecule has 0 aliphatic heterocycles. The number of ether oxygens (including phenoxy) is 2. The lowest BCUT2D eigenvalue weighted by Crippen LogP contribution is -2.32. The second kappa shape index (κ2) is 6.63. The zero-order valence-corrected chi connectivity index (χ0v) is 12.0. The highest BCUT2D eigenvalue weighted by Crippen LogP contribution is 2.38. The Morgan fingerprint density at radius 2 is 2.05 bits per heavy atom. The Morgan fingerprint density at radius 3 is 2.47 bits per heavy atom. The average Bonchev–Trinajstić information content (AvgIpc) is 2.39. The van der Waals surface area contributed by atoms with Crippen LogP contribution < -0.4 is 15.2 Å². The van der Waals surface area contributed by atoms with Gasteiger partial charge in [0.05, 0.1) is 14.2 Å². The molecule has 5 nitrogen and oxygen atoms in total. The minimum Gasteiger partial charge on any atom is -0.493 e. The van der Waals surface area contributed by atoms with Crippen molar-refractivity contribution in [2.45, 2.75) is 25.8 Å². The average molecular weight is 288 g/mol. The molecule has 3 N–H and O–H groups in total. The van der Waals surface area contributed by atoms with Gasteiger partial charge in [-0.05, 0) is 12.0 Å². The largest absolute Gasteiger partial charge is 0.493 e. The molecule has 0 saturated heterocycles. The highest BCUT2D eigenvalue weighted by atomic mass is 35.5. The summed E-state index contributed by atoms with van der Waals surface area (Å²) in [6, 6.07) is 0.615. The summed E-state index contributed by atoms with van der Waals surface area (Å²) in [5.74, 6) is 0.0342. The van der Waals surface area contributed by atoms with E-state index >= 15 is 0 Å². The molecule has 0 saturated carbocycles. The summed E-state index contributed by atoms with van der Waals surface area (Å²) in [5.41, 5.74) is 7.09. The summed E-state index contributed by atoms with van der Waals surface area (Å²) in [6.07, 6.45) is 0.791. The predicted molar refractivity (Wildman–Crippen MR) is 73.2 cm³/mol. The predicted octanol–water partition coefficient (Wildman–Crippen LogP) is 1.87. The van der Waals surface area contributed by atoms with E-state index in [0.717, 1.165) is 5.56 Å². The number of halogens is 1. The van der Waals surface area contributed by atoms with Gasteiger partial charge in [-0.3, -0.25) is 4.79 Å². The van der Waals surface area contributed by atoms with Crippen LogP contribution >= 0.6 is 11.6 Å². The topological polar surface area (TPSA) is 81.8 Å². The fraction of sp³-hybridized carbons (Fsp3) is 0.462. The van der Waals surface area contributed by atoms with E-state index in [9.17, 15) is 4.79 Å². The number of benzene rings is 1. The Hall–Kier alpha value is -1.46. The van der Waals surface area contributed by atoms with Crippen LogP contribution in [-0.2, 0) is 17.6 Å². The summed E-state index contributed by atoms with van der Waals surface area (Å²) < 4.78 is 10.5. The third kappa shape index (κ3) is 3.30. The number of nitrogens with two attached hydrogens (primary N) is 1. The quantitative estimate of drug-likeness (QED) is 0.835. The first kappa shape index (κ1) is 15.6. The summed E-state index contributed by atoms with van der Waals surface area (Å²) >= 11 is 6.19. The van der Waals surface area contributed by atoms with Crippen LogP contribution in [0.2, 0.25) is 5.02 Å². The maximum absolute atomic E-state index is 10.9. The molecule has 0 heterocycles. The molecule has 1 aromatic carbocycles. The van der Waals surface area contributed by atoms with Crippen molar-refractivity contribution < 1.29 is 19.4 Å². The lowest BCUT2D eigenvalue weighted by Gasteiger charge is -2.18. The zero-order valence-electron chi connectivity index (χ0n) is 11.2. The van der Waals surface area contributed by atoms with Crippen LogP contribution in [0.25, 0.3) is 0 Å². The molecule has 0 spiro atoms. The number of hydrogen-bond acceptors (Lipinski definition) is 4. The molecule has 19 heavy (non-hydrogen) atoms. The first-order valence-corrected chi connectivity index (χ1v) is 6.24. The lowest BCUT2D eigenvalue weighted by atomic mass is 9.97. The smallest absolute Gasteiger partial charge is 0.320 e. The Balaban J connectivity index is 3.34. The molecule has 0 fully saturated rings. The molecule has 0 bridgehead atoms. The molecule has 0 radical (unpaired) electrons. The summed E-state index contributed by atoms with van der Waals surface area (Å²) in [4.78, 5) is 10.9. The first-order valence-electron chi connectivity index (χ1n) is 5.86. The maximum atomic E-state index is 10.9. The van der Waals surface area contributed by atoms with Gasteiger partial charge in [-0.25, -0.2) is 0 Å². The SMILES string of the molecule is CCc1c(CC(N)C(=O)O)c(Cl)cc(OC)c1OC. The standard InChI is InChI=1S/C13H18ClNO4/c1-4-7-8(5-10(15)13(16)17)9(14)6-11(18-2)12(7)19-3/h6,10H,4-5,15H2,1-3H3,(H,16,17). The number of carboxylic acid groups (broad SMARTS) is 1. The highest BCUT2D eigenvalue weighted by Gasteiger charge is 2.21. The van der Waals surface area contributed by atoms with Gasteiger partial charge in [-0.2, -0.15) is 0 Å². The monoisotopic (exact) mass is 287 g/mol. The summed E-state index contributed by atoms with van der Waals surface area (Å²) in [6.45, 7) is 1.93. The van der Waals surface area contributed by atoms with Gasteiger partial charge < -0.3 is 20.3 Å². The Labute approximate surface area is 117 Å². The van der Waals surface area contributed by atoms with Gasteiger partial charge in [0.1, 0.15) is 6.04 Å². The molecule has 0 amide bonds. The van der Waals surface area contributed by atoms with Crippen LogP contribution in [0.3, 0.4) is 0 Å². The maximum Gasteiger partial charge on any atom is 0.320 e. The molecule has 6 heteroatoms. The molecule has 1 rings (SSSR count). The number of aliphatic carboxylic acids is 1. The fourth-order valence-corrected chi connectivity index (χ4v) is 2.27. The van der Waals surface area contributed by atoms with E-state index in [0.29, 0.717) is 28.5 Å². The summed E-state index contributed by atoms with van der Waals surface area (Å²) in [7, 11) is 3.06. The van der Waals surface area contributed by atoms with Crippen molar-refractivity contribution in [2.75, 3.05) is 14.2 Å². The van der Waals surface area contributed by atoms with Gasteiger partial charge in [0.2, 0.25) is 0 Å². The van der Waals surface area contributed by atoms with Crippen molar-refractivity contribution in [3.8, 4) is 11.5 Å². The normalized spacial score (nSPS) is 12.1. The number of carboxylic acids is 1. The lowest BCUT2D eigenvalue weighted by molar-refractivity contribution is -0.138. The van der Waals surface area contributed by atoms with Gasteiger partial charge in [-0.1, -0.05) is 18.5 Å². The fourth-order valence-electron chi connectivity index (χ4n) is 1.97. The number of carbonyl (C=O) groups is 1. The number of methoxy groups -OCH3 is 2. The second-order valence-electron chi connectivity index (χ2n) is 4.05. The van der Waals surface area contributed by atoms with Gasteiger partial charge in [0, 0.05) is 23.1 Å².